The van der Waals surface area contributed by atoms with Crippen LogP contribution in [0, 0.1) is 6.92 Å². The molecule has 1 saturated heterocycles. The Hall–Kier alpha value is -2.62. The molecule has 1 aliphatic heterocycles. The highest BCUT2D eigenvalue weighted by Crippen LogP contribution is 2.15. The van der Waals surface area contributed by atoms with Crippen LogP contribution in [0.3, 0.4) is 0 Å². The van der Waals surface area contributed by atoms with E-state index in [0.717, 1.165) is 16.7 Å². The predicted octanol–water partition coefficient (Wildman–Crippen LogP) is 2.06. The van der Waals surface area contributed by atoms with Crippen molar-refractivity contribution in [3.8, 4) is 0 Å². The molecule has 0 saturated carbocycles. The number of nitrogens with one attached hydrogen (secondary N) is 1. The molecule has 2 amide bonds. The third-order valence-corrected chi connectivity index (χ3v) is 4.18. The monoisotopic (exact) mass is 308 g/mol. The Morgan fingerprint density at radius 2 is 1.74 bits per heavy atom. The summed E-state index contributed by atoms with van der Waals surface area (Å²) in [5.41, 5.74) is 3.26. The summed E-state index contributed by atoms with van der Waals surface area (Å²) in [6.45, 7) is 2.61. The first-order chi connectivity index (χ1) is 11.1. The standard InChI is InChI=1S/C19H20N2O2/c1-14-7-5-6-10-16(14)11-17-19(23)21(13-18(22)20-17)12-15-8-3-2-4-9-15/h2-10,17H,11-13H2,1H3,(H,20,22). The van der Waals surface area contributed by atoms with Gasteiger partial charge in [0.05, 0.1) is 6.54 Å². The van der Waals surface area contributed by atoms with Gasteiger partial charge in [0.2, 0.25) is 11.8 Å². The maximum Gasteiger partial charge on any atom is 0.246 e. The van der Waals surface area contributed by atoms with E-state index >= 15 is 0 Å². The number of piperazine rings is 1. The molecule has 4 nitrogen and oxygen atoms in total. The average molecular weight is 308 g/mol. The van der Waals surface area contributed by atoms with Crippen LogP contribution >= 0.6 is 0 Å². The van der Waals surface area contributed by atoms with E-state index in [1.54, 1.807) is 4.90 Å². The summed E-state index contributed by atoms with van der Waals surface area (Å²) in [6, 6.07) is 17.2. The topological polar surface area (TPSA) is 49.4 Å². The molecule has 1 aliphatic rings. The zero-order valence-corrected chi connectivity index (χ0v) is 13.2. The summed E-state index contributed by atoms with van der Waals surface area (Å²) in [7, 11) is 0. The molecular weight excluding hydrogens is 288 g/mol. The predicted molar refractivity (Wildman–Crippen MR) is 88.7 cm³/mol. The number of carbonyl (C=O) groups excluding carboxylic acids is 2. The molecule has 0 radical (unpaired) electrons. The fourth-order valence-corrected chi connectivity index (χ4v) is 2.91. The molecule has 1 unspecified atom stereocenters. The summed E-state index contributed by atoms with van der Waals surface area (Å²) in [5.74, 6) is -0.115. The Morgan fingerprint density at radius 3 is 2.48 bits per heavy atom. The van der Waals surface area contributed by atoms with E-state index < -0.39 is 6.04 Å². The van der Waals surface area contributed by atoms with Crippen LogP contribution in [0.25, 0.3) is 0 Å². The van der Waals surface area contributed by atoms with E-state index in [4.69, 9.17) is 0 Å². The molecule has 2 aromatic rings. The largest absolute Gasteiger partial charge is 0.342 e. The van der Waals surface area contributed by atoms with Crippen LogP contribution < -0.4 is 5.32 Å². The molecule has 0 spiro atoms. The molecule has 0 bridgehead atoms. The first-order valence-corrected chi connectivity index (χ1v) is 7.80. The molecule has 1 atom stereocenters. The number of rotatable bonds is 4. The second kappa shape index (κ2) is 6.65. The lowest BCUT2D eigenvalue weighted by molar-refractivity contribution is -0.144. The molecule has 118 valence electrons. The van der Waals surface area contributed by atoms with Crippen LogP contribution in [-0.2, 0) is 22.6 Å². The summed E-state index contributed by atoms with van der Waals surface area (Å²) in [4.78, 5) is 26.3. The van der Waals surface area contributed by atoms with Crippen molar-refractivity contribution >= 4 is 11.8 Å². The normalized spacial score (nSPS) is 18.0. The molecule has 1 heterocycles. The van der Waals surface area contributed by atoms with Crippen molar-refractivity contribution in [2.75, 3.05) is 6.54 Å². The average Bonchev–Trinajstić information content (AvgIpc) is 2.55. The molecular formula is C19H20N2O2. The fraction of sp³-hybridized carbons (Fsp3) is 0.263. The van der Waals surface area contributed by atoms with Gasteiger partial charge in [0, 0.05) is 13.0 Å². The van der Waals surface area contributed by atoms with Crippen LogP contribution in [-0.4, -0.2) is 29.3 Å². The lowest BCUT2D eigenvalue weighted by atomic mass is 9.99. The number of amides is 2. The minimum absolute atomic E-state index is 0.0169. The van der Waals surface area contributed by atoms with Gasteiger partial charge >= 0.3 is 0 Å². The lowest BCUT2D eigenvalue weighted by Crippen LogP contribution is -2.58. The van der Waals surface area contributed by atoms with E-state index in [-0.39, 0.29) is 18.4 Å². The van der Waals surface area contributed by atoms with Gasteiger partial charge < -0.3 is 10.2 Å². The van der Waals surface area contributed by atoms with Gasteiger partial charge in [0.25, 0.3) is 0 Å². The Labute approximate surface area is 136 Å². The molecule has 3 rings (SSSR count). The van der Waals surface area contributed by atoms with Crippen molar-refractivity contribution in [1.82, 2.24) is 10.2 Å². The molecule has 1 N–H and O–H groups in total. The number of nitrogens with zero attached hydrogens (tertiary/aromatic N) is 1. The van der Waals surface area contributed by atoms with E-state index in [1.165, 1.54) is 0 Å². The third kappa shape index (κ3) is 3.59. The second-order valence-electron chi connectivity index (χ2n) is 5.93. The van der Waals surface area contributed by atoms with Gasteiger partial charge in [-0.25, -0.2) is 0 Å². The number of carbonyl (C=O) groups is 2. The number of benzene rings is 2. The van der Waals surface area contributed by atoms with Crippen LogP contribution in [0.4, 0.5) is 0 Å². The fourth-order valence-electron chi connectivity index (χ4n) is 2.91. The lowest BCUT2D eigenvalue weighted by Gasteiger charge is -2.33. The SMILES string of the molecule is Cc1ccccc1CC1NC(=O)CN(Cc2ccccc2)C1=O. The van der Waals surface area contributed by atoms with Gasteiger partial charge in [0.1, 0.15) is 6.04 Å². The van der Waals surface area contributed by atoms with Crippen LogP contribution in [0.2, 0.25) is 0 Å². The Bertz CT molecular complexity index is 712. The summed E-state index contributed by atoms with van der Waals surface area (Å²) >= 11 is 0. The van der Waals surface area contributed by atoms with Crippen molar-refractivity contribution in [2.45, 2.75) is 25.9 Å². The van der Waals surface area contributed by atoms with Gasteiger partial charge in [-0.1, -0.05) is 54.6 Å². The Balaban J connectivity index is 1.75. The van der Waals surface area contributed by atoms with Gasteiger partial charge in [-0.05, 0) is 23.6 Å². The van der Waals surface area contributed by atoms with Crippen molar-refractivity contribution in [3.05, 3.63) is 71.3 Å². The van der Waals surface area contributed by atoms with E-state index in [2.05, 4.69) is 5.32 Å². The zero-order valence-electron chi connectivity index (χ0n) is 13.2. The Morgan fingerprint density at radius 1 is 1.04 bits per heavy atom. The first-order valence-electron chi connectivity index (χ1n) is 7.80. The number of hydrogen-bond donors (Lipinski definition) is 1. The van der Waals surface area contributed by atoms with Gasteiger partial charge in [-0.15, -0.1) is 0 Å². The van der Waals surface area contributed by atoms with Crippen LogP contribution in [0.5, 0.6) is 0 Å². The van der Waals surface area contributed by atoms with Crippen molar-refractivity contribution in [3.63, 3.8) is 0 Å². The minimum Gasteiger partial charge on any atom is -0.342 e. The second-order valence-corrected chi connectivity index (χ2v) is 5.93. The zero-order chi connectivity index (χ0) is 16.2. The van der Waals surface area contributed by atoms with E-state index in [0.29, 0.717) is 13.0 Å². The number of hydrogen-bond acceptors (Lipinski definition) is 2. The van der Waals surface area contributed by atoms with Gasteiger partial charge in [-0.3, -0.25) is 9.59 Å². The van der Waals surface area contributed by atoms with Crippen LogP contribution in [0.1, 0.15) is 16.7 Å². The van der Waals surface area contributed by atoms with Crippen LogP contribution in [0.15, 0.2) is 54.6 Å². The summed E-state index contributed by atoms with van der Waals surface area (Å²) < 4.78 is 0. The molecule has 2 aromatic carbocycles. The molecule has 23 heavy (non-hydrogen) atoms. The highest BCUT2D eigenvalue weighted by atomic mass is 16.2. The molecule has 1 fully saturated rings. The Kier molecular flexibility index (Phi) is 4.42. The van der Waals surface area contributed by atoms with E-state index in [1.807, 2.05) is 61.5 Å². The maximum atomic E-state index is 12.7. The molecule has 0 aromatic heterocycles. The van der Waals surface area contributed by atoms with Crippen molar-refractivity contribution in [2.24, 2.45) is 0 Å². The highest BCUT2D eigenvalue weighted by molar-refractivity contribution is 5.95. The quantitative estimate of drug-likeness (QED) is 0.940. The number of aryl methyl sites for hydroxylation is 1. The highest BCUT2D eigenvalue weighted by Gasteiger charge is 2.32. The molecule has 0 aliphatic carbocycles. The first kappa shape index (κ1) is 15.3. The maximum absolute atomic E-state index is 12.7. The third-order valence-electron chi connectivity index (χ3n) is 4.18. The van der Waals surface area contributed by atoms with Crippen molar-refractivity contribution in [1.29, 1.82) is 0 Å². The molecule has 4 heteroatoms. The summed E-state index contributed by atoms with van der Waals surface area (Å²) in [5, 5.41) is 2.83. The van der Waals surface area contributed by atoms with Crippen molar-refractivity contribution < 1.29 is 9.59 Å². The summed E-state index contributed by atoms with van der Waals surface area (Å²) in [6.07, 6.45) is 0.530. The van der Waals surface area contributed by atoms with E-state index in [9.17, 15) is 9.59 Å². The van der Waals surface area contributed by atoms with Gasteiger partial charge in [-0.2, -0.15) is 0 Å². The minimum atomic E-state index is -0.485. The smallest absolute Gasteiger partial charge is 0.246 e. The van der Waals surface area contributed by atoms with Gasteiger partial charge in [0.15, 0.2) is 0 Å².